The number of halogens is 1. The second kappa shape index (κ2) is 4.52. The molecular weight excluding hydrogens is 290 g/mol. The third-order valence-electron chi connectivity index (χ3n) is 3.77. The highest BCUT2D eigenvalue weighted by Gasteiger charge is 2.31. The topological polar surface area (TPSA) is 43.8 Å². The molecule has 0 radical (unpaired) electrons. The number of nitrogens with zero attached hydrogens (tertiary/aromatic N) is 2. The summed E-state index contributed by atoms with van der Waals surface area (Å²) in [5, 5.41) is 4.25. The Morgan fingerprint density at radius 1 is 1.28 bits per heavy atom. The van der Waals surface area contributed by atoms with Crippen molar-refractivity contribution in [3.8, 4) is 5.69 Å². The van der Waals surface area contributed by atoms with Gasteiger partial charge in [0, 0.05) is 22.4 Å². The molecule has 0 atom stereocenters. The van der Waals surface area contributed by atoms with Crippen LogP contribution in [0.3, 0.4) is 0 Å². The van der Waals surface area contributed by atoms with Gasteiger partial charge in [-0.1, -0.05) is 18.9 Å². The van der Waals surface area contributed by atoms with E-state index >= 15 is 0 Å². The van der Waals surface area contributed by atoms with E-state index in [2.05, 4.69) is 39.2 Å². The van der Waals surface area contributed by atoms with Crippen LogP contribution in [0.15, 0.2) is 41.1 Å². The molecule has 1 heterocycles. The lowest BCUT2D eigenvalue weighted by Gasteiger charge is -2.24. The molecule has 1 aromatic carbocycles. The van der Waals surface area contributed by atoms with Gasteiger partial charge in [-0.3, -0.25) is 0 Å². The zero-order valence-corrected chi connectivity index (χ0v) is 11.7. The van der Waals surface area contributed by atoms with Gasteiger partial charge in [-0.2, -0.15) is 5.10 Å². The smallest absolute Gasteiger partial charge is 0.0787 e. The van der Waals surface area contributed by atoms with Gasteiger partial charge >= 0.3 is 0 Å². The Labute approximate surface area is 115 Å². The molecule has 0 aliphatic heterocycles. The Kier molecular flexibility index (Phi) is 2.99. The van der Waals surface area contributed by atoms with Gasteiger partial charge < -0.3 is 5.73 Å². The predicted octanol–water partition coefficient (Wildman–Crippen LogP) is 3.36. The highest BCUT2D eigenvalue weighted by atomic mass is 79.9. The Balaban J connectivity index is 1.99. The summed E-state index contributed by atoms with van der Waals surface area (Å²) in [6, 6.07) is 8.27. The van der Waals surface area contributed by atoms with Gasteiger partial charge in [-0.05, 0) is 52.5 Å². The van der Waals surface area contributed by atoms with Crippen LogP contribution in [0.5, 0.6) is 0 Å². The van der Waals surface area contributed by atoms with Crippen LogP contribution in [0.1, 0.15) is 31.2 Å². The SMILES string of the molecule is NC1(c2ccc(-n3cccn3)c(Br)c2)CCCC1. The molecule has 3 nitrogen and oxygen atoms in total. The fourth-order valence-corrected chi connectivity index (χ4v) is 3.27. The summed E-state index contributed by atoms with van der Waals surface area (Å²) in [5.74, 6) is 0. The quantitative estimate of drug-likeness (QED) is 0.924. The normalized spacial score (nSPS) is 18.1. The second-order valence-electron chi connectivity index (χ2n) is 4.98. The number of benzene rings is 1. The van der Waals surface area contributed by atoms with Crippen molar-refractivity contribution in [3.63, 3.8) is 0 Å². The van der Waals surface area contributed by atoms with E-state index in [-0.39, 0.29) is 5.54 Å². The van der Waals surface area contributed by atoms with Crippen LogP contribution in [0.25, 0.3) is 5.69 Å². The van der Waals surface area contributed by atoms with E-state index < -0.39 is 0 Å². The van der Waals surface area contributed by atoms with E-state index in [1.807, 2.05) is 16.9 Å². The molecule has 2 N–H and O–H groups in total. The fraction of sp³-hybridized carbons (Fsp3) is 0.357. The van der Waals surface area contributed by atoms with Crippen LogP contribution in [0.4, 0.5) is 0 Å². The van der Waals surface area contributed by atoms with Gasteiger partial charge in [-0.25, -0.2) is 4.68 Å². The van der Waals surface area contributed by atoms with E-state index in [0.717, 1.165) is 23.0 Å². The molecule has 0 saturated heterocycles. The zero-order chi connectivity index (χ0) is 12.6. The molecule has 1 aromatic heterocycles. The Bertz CT molecular complexity index is 542. The van der Waals surface area contributed by atoms with Crippen molar-refractivity contribution in [3.05, 3.63) is 46.7 Å². The summed E-state index contributed by atoms with van der Waals surface area (Å²) in [6.07, 6.45) is 8.35. The molecule has 3 rings (SSSR count). The molecule has 1 aliphatic carbocycles. The summed E-state index contributed by atoms with van der Waals surface area (Å²) in [5.41, 5.74) is 8.61. The molecule has 2 aromatic rings. The average molecular weight is 306 g/mol. The lowest BCUT2D eigenvalue weighted by atomic mass is 9.89. The lowest BCUT2D eigenvalue weighted by Crippen LogP contribution is -2.33. The largest absolute Gasteiger partial charge is 0.321 e. The third-order valence-corrected chi connectivity index (χ3v) is 4.40. The first kappa shape index (κ1) is 11.9. The molecule has 1 saturated carbocycles. The van der Waals surface area contributed by atoms with Crippen molar-refractivity contribution >= 4 is 15.9 Å². The summed E-state index contributed by atoms with van der Waals surface area (Å²) >= 11 is 3.62. The molecule has 0 spiro atoms. The van der Waals surface area contributed by atoms with Gasteiger partial charge in [0.2, 0.25) is 0 Å². The van der Waals surface area contributed by atoms with Gasteiger partial charge in [0.1, 0.15) is 0 Å². The summed E-state index contributed by atoms with van der Waals surface area (Å²) in [7, 11) is 0. The number of aromatic nitrogens is 2. The average Bonchev–Trinajstić information content (AvgIpc) is 3.00. The van der Waals surface area contributed by atoms with Crippen molar-refractivity contribution in [1.82, 2.24) is 9.78 Å². The molecule has 1 fully saturated rings. The van der Waals surface area contributed by atoms with Gasteiger partial charge in [0.05, 0.1) is 5.69 Å². The molecule has 18 heavy (non-hydrogen) atoms. The minimum Gasteiger partial charge on any atom is -0.321 e. The van der Waals surface area contributed by atoms with Gasteiger partial charge in [-0.15, -0.1) is 0 Å². The van der Waals surface area contributed by atoms with Crippen LogP contribution >= 0.6 is 15.9 Å². The first-order valence-corrected chi connectivity index (χ1v) is 7.07. The highest BCUT2D eigenvalue weighted by molar-refractivity contribution is 9.10. The number of rotatable bonds is 2. The molecule has 4 heteroatoms. The van der Waals surface area contributed by atoms with Crippen LogP contribution in [-0.2, 0) is 5.54 Å². The Morgan fingerprint density at radius 2 is 2.06 bits per heavy atom. The first-order valence-electron chi connectivity index (χ1n) is 6.28. The zero-order valence-electron chi connectivity index (χ0n) is 10.1. The summed E-state index contributed by atoms with van der Waals surface area (Å²) in [4.78, 5) is 0. The lowest BCUT2D eigenvalue weighted by molar-refractivity contribution is 0.461. The Hall–Kier alpha value is -1.13. The third kappa shape index (κ3) is 1.99. The maximum atomic E-state index is 6.47. The van der Waals surface area contributed by atoms with Crippen molar-refractivity contribution < 1.29 is 0 Å². The molecule has 1 aliphatic rings. The van der Waals surface area contributed by atoms with Crippen LogP contribution < -0.4 is 5.73 Å². The fourth-order valence-electron chi connectivity index (χ4n) is 2.71. The molecule has 94 valence electrons. The van der Waals surface area contributed by atoms with E-state index in [1.54, 1.807) is 6.20 Å². The predicted molar refractivity (Wildman–Crippen MR) is 75.6 cm³/mol. The standard InChI is InChI=1S/C14H16BrN3/c15-12-10-11(14(16)6-1-2-7-14)4-5-13(12)18-9-3-8-17-18/h3-5,8-10H,1-2,6-7,16H2. The van der Waals surface area contributed by atoms with Gasteiger partial charge in [0.25, 0.3) is 0 Å². The minimum atomic E-state index is -0.134. The van der Waals surface area contributed by atoms with E-state index in [0.29, 0.717) is 0 Å². The monoisotopic (exact) mass is 305 g/mol. The van der Waals surface area contributed by atoms with Crippen LogP contribution in [0.2, 0.25) is 0 Å². The van der Waals surface area contributed by atoms with Crippen molar-refractivity contribution in [2.45, 2.75) is 31.2 Å². The molecule has 0 unspecified atom stereocenters. The highest BCUT2D eigenvalue weighted by Crippen LogP contribution is 2.38. The van der Waals surface area contributed by atoms with Gasteiger partial charge in [0.15, 0.2) is 0 Å². The number of nitrogens with two attached hydrogens (primary N) is 1. The summed E-state index contributed by atoms with van der Waals surface area (Å²) in [6.45, 7) is 0. The van der Waals surface area contributed by atoms with E-state index in [9.17, 15) is 0 Å². The molecule has 0 bridgehead atoms. The number of hydrogen-bond donors (Lipinski definition) is 1. The van der Waals surface area contributed by atoms with E-state index in [1.165, 1.54) is 18.4 Å². The maximum absolute atomic E-state index is 6.47. The first-order chi connectivity index (χ1) is 8.69. The number of hydrogen-bond acceptors (Lipinski definition) is 2. The maximum Gasteiger partial charge on any atom is 0.0787 e. The summed E-state index contributed by atoms with van der Waals surface area (Å²) < 4.78 is 2.89. The Morgan fingerprint density at radius 3 is 2.67 bits per heavy atom. The van der Waals surface area contributed by atoms with Crippen LogP contribution in [0, 0.1) is 0 Å². The van der Waals surface area contributed by atoms with E-state index in [4.69, 9.17) is 5.73 Å². The molecular formula is C14H16BrN3. The minimum absolute atomic E-state index is 0.134. The molecule has 0 amide bonds. The second-order valence-corrected chi connectivity index (χ2v) is 5.83. The van der Waals surface area contributed by atoms with Crippen molar-refractivity contribution in [1.29, 1.82) is 0 Å². The van der Waals surface area contributed by atoms with Crippen molar-refractivity contribution in [2.75, 3.05) is 0 Å². The van der Waals surface area contributed by atoms with Crippen molar-refractivity contribution in [2.24, 2.45) is 5.73 Å². The van der Waals surface area contributed by atoms with Crippen LogP contribution in [-0.4, -0.2) is 9.78 Å².